The first-order valence-electron chi connectivity index (χ1n) is 6.65. The first kappa shape index (κ1) is 15.6. The van der Waals surface area contributed by atoms with Crippen LogP contribution in [0.5, 0.6) is 0 Å². The maximum atomic E-state index is 12.4. The highest BCUT2D eigenvalue weighted by atomic mass is 19.4. The van der Waals surface area contributed by atoms with Crippen LogP contribution in [0.4, 0.5) is 18.9 Å². The number of carbonyl (C=O) groups excluding carboxylic acids is 1. The molecule has 2 N–H and O–H groups in total. The number of halogens is 3. The molecule has 1 aromatic rings. The van der Waals surface area contributed by atoms with E-state index in [0.29, 0.717) is 43.9 Å². The predicted molar refractivity (Wildman–Crippen MR) is 72.1 cm³/mol. The van der Waals surface area contributed by atoms with Crippen LogP contribution >= 0.6 is 0 Å². The molecule has 8 heteroatoms. The highest BCUT2D eigenvalue weighted by Crippen LogP contribution is 2.22. The molecule has 5 nitrogen and oxygen atoms in total. The summed E-state index contributed by atoms with van der Waals surface area (Å²) in [5.74, 6) is -0.588. The van der Waals surface area contributed by atoms with Gasteiger partial charge in [-0.2, -0.15) is 13.2 Å². The molecule has 116 valence electrons. The molecule has 0 aliphatic carbocycles. The van der Waals surface area contributed by atoms with E-state index >= 15 is 0 Å². The van der Waals surface area contributed by atoms with Gasteiger partial charge < -0.3 is 10.6 Å². The number of rotatable bonds is 3. The first-order valence-corrected chi connectivity index (χ1v) is 6.65. The molecular formula is C13H17F3N4O. The molecule has 2 heterocycles. The first-order chi connectivity index (χ1) is 9.87. The Morgan fingerprint density at radius 1 is 1.29 bits per heavy atom. The number of nitrogens with zero attached hydrogens (tertiary/aromatic N) is 3. The Bertz CT molecular complexity index is 506. The van der Waals surface area contributed by atoms with Crippen molar-refractivity contribution < 1.29 is 18.0 Å². The minimum absolute atomic E-state index is 0.292. The number of hydrogen-bond acceptors (Lipinski definition) is 4. The molecule has 1 aromatic heterocycles. The standard InChI is InChI=1S/C13H17F3N4O/c14-13(15,16)9-19-4-1-5-20(7-6-19)11-2-3-18-8-10(11)12(17)21/h2-3,8H,1,4-7,9H2,(H2,17,21). The number of pyridine rings is 1. The number of anilines is 1. The predicted octanol–water partition coefficient (Wildman–Crippen LogP) is 1.25. The van der Waals surface area contributed by atoms with Gasteiger partial charge in [-0.1, -0.05) is 0 Å². The van der Waals surface area contributed by atoms with E-state index < -0.39 is 18.6 Å². The molecule has 0 atom stereocenters. The molecule has 0 bridgehead atoms. The second-order valence-corrected chi connectivity index (χ2v) is 4.99. The molecule has 1 amide bonds. The molecule has 2 rings (SSSR count). The van der Waals surface area contributed by atoms with Crippen LogP contribution < -0.4 is 10.6 Å². The Morgan fingerprint density at radius 3 is 2.71 bits per heavy atom. The van der Waals surface area contributed by atoms with Gasteiger partial charge in [-0.3, -0.25) is 14.7 Å². The van der Waals surface area contributed by atoms with Crippen LogP contribution in [0.15, 0.2) is 18.5 Å². The van der Waals surface area contributed by atoms with Crippen LogP contribution in [0.25, 0.3) is 0 Å². The Labute approximate surface area is 120 Å². The fourth-order valence-electron chi connectivity index (χ4n) is 2.48. The van der Waals surface area contributed by atoms with E-state index in [9.17, 15) is 18.0 Å². The normalized spacial score (nSPS) is 17.6. The Hall–Kier alpha value is -1.83. The van der Waals surface area contributed by atoms with Crippen molar-refractivity contribution >= 4 is 11.6 Å². The molecule has 1 fully saturated rings. The van der Waals surface area contributed by atoms with Gasteiger partial charge in [0.05, 0.1) is 17.8 Å². The topological polar surface area (TPSA) is 62.5 Å². The van der Waals surface area contributed by atoms with Gasteiger partial charge in [0.25, 0.3) is 5.91 Å². The van der Waals surface area contributed by atoms with E-state index in [1.165, 1.54) is 11.1 Å². The highest BCUT2D eigenvalue weighted by molar-refractivity contribution is 5.98. The number of aromatic nitrogens is 1. The summed E-state index contributed by atoms with van der Waals surface area (Å²) in [6.45, 7) is 0.770. The second kappa shape index (κ2) is 6.30. The van der Waals surface area contributed by atoms with Crippen molar-refractivity contribution in [1.82, 2.24) is 9.88 Å². The van der Waals surface area contributed by atoms with Crippen LogP contribution in [-0.2, 0) is 0 Å². The Balaban J connectivity index is 2.08. The van der Waals surface area contributed by atoms with Crippen molar-refractivity contribution in [2.24, 2.45) is 5.73 Å². The number of carbonyl (C=O) groups is 1. The van der Waals surface area contributed by atoms with Gasteiger partial charge >= 0.3 is 6.18 Å². The Morgan fingerprint density at radius 2 is 2.05 bits per heavy atom. The summed E-state index contributed by atoms with van der Waals surface area (Å²) >= 11 is 0. The van der Waals surface area contributed by atoms with Gasteiger partial charge in [-0.15, -0.1) is 0 Å². The summed E-state index contributed by atoms with van der Waals surface area (Å²) in [7, 11) is 0. The minimum Gasteiger partial charge on any atom is -0.369 e. The number of amides is 1. The van der Waals surface area contributed by atoms with Crippen LogP contribution in [0.2, 0.25) is 0 Å². The maximum absolute atomic E-state index is 12.4. The summed E-state index contributed by atoms with van der Waals surface area (Å²) < 4.78 is 37.3. The van der Waals surface area contributed by atoms with E-state index in [4.69, 9.17) is 5.73 Å². The van der Waals surface area contributed by atoms with Gasteiger partial charge in [0.1, 0.15) is 0 Å². The van der Waals surface area contributed by atoms with Crippen LogP contribution in [0, 0.1) is 0 Å². The molecule has 0 radical (unpaired) electrons. The molecule has 0 spiro atoms. The lowest BCUT2D eigenvalue weighted by Crippen LogP contribution is -2.37. The van der Waals surface area contributed by atoms with E-state index in [1.54, 1.807) is 12.3 Å². The third kappa shape index (κ3) is 4.32. The monoisotopic (exact) mass is 302 g/mol. The van der Waals surface area contributed by atoms with E-state index in [-0.39, 0.29) is 0 Å². The van der Waals surface area contributed by atoms with E-state index in [0.717, 1.165) is 0 Å². The maximum Gasteiger partial charge on any atom is 0.401 e. The van der Waals surface area contributed by atoms with Crippen molar-refractivity contribution in [3.8, 4) is 0 Å². The van der Waals surface area contributed by atoms with Crippen molar-refractivity contribution in [2.45, 2.75) is 12.6 Å². The van der Waals surface area contributed by atoms with Crippen molar-refractivity contribution in [3.05, 3.63) is 24.0 Å². The van der Waals surface area contributed by atoms with Gasteiger partial charge in [0.15, 0.2) is 0 Å². The summed E-state index contributed by atoms with van der Waals surface area (Å²) in [6.07, 6.45) is -0.670. The average molecular weight is 302 g/mol. The van der Waals surface area contributed by atoms with Crippen LogP contribution in [0.1, 0.15) is 16.8 Å². The van der Waals surface area contributed by atoms with Crippen molar-refractivity contribution in [3.63, 3.8) is 0 Å². The fourth-order valence-corrected chi connectivity index (χ4v) is 2.48. The van der Waals surface area contributed by atoms with Crippen LogP contribution in [-0.4, -0.2) is 54.7 Å². The SMILES string of the molecule is NC(=O)c1cnccc1N1CCCN(CC(F)(F)F)CC1. The van der Waals surface area contributed by atoms with Crippen molar-refractivity contribution in [2.75, 3.05) is 37.6 Å². The molecule has 1 aliphatic heterocycles. The largest absolute Gasteiger partial charge is 0.401 e. The van der Waals surface area contributed by atoms with Gasteiger partial charge in [0, 0.05) is 38.6 Å². The quantitative estimate of drug-likeness (QED) is 0.913. The summed E-state index contributed by atoms with van der Waals surface area (Å²) in [5, 5.41) is 0. The molecule has 1 aliphatic rings. The number of alkyl halides is 3. The third-order valence-electron chi connectivity index (χ3n) is 3.40. The fraction of sp³-hybridized carbons (Fsp3) is 0.538. The number of primary amides is 1. The average Bonchev–Trinajstić information content (AvgIpc) is 2.62. The van der Waals surface area contributed by atoms with E-state index in [1.807, 2.05) is 4.90 Å². The number of hydrogen-bond donors (Lipinski definition) is 1. The molecule has 21 heavy (non-hydrogen) atoms. The lowest BCUT2D eigenvalue weighted by atomic mass is 10.2. The van der Waals surface area contributed by atoms with Gasteiger partial charge in [-0.25, -0.2) is 0 Å². The zero-order valence-electron chi connectivity index (χ0n) is 11.4. The second-order valence-electron chi connectivity index (χ2n) is 4.99. The highest BCUT2D eigenvalue weighted by Gasteiger charge is 2.31. The smallest absolute Gasteiger partial charge is 0.369 e. The molecule has 0 unspecified atom stereocenters. The molecule has 0 saturated carbocycles. The summed E-state index contributed by atoms with van der Waals surface area (Å²) in [6, 6.07) is 1.67. The number of nitrogens with two attached hydrogens (primary N) is 1. The zero-order valence-corrected chi connectivity index (χ0v) is 11.4. The van der Waals surface area contributed by atoms with Crippen LogP contribution in [0.3, 0.4) is 0 Å². The minimum atomic E-state index is -4.19. The van der Waals surface area contributed by atoms with E-state index in [2.05, 4.69) is 4.98 Å². The summed E-state index contributed by atoms with van der Waals surface area (Å²) in [5.41, 5.74) is 6.23. The third-order valence-corrected chi connectivity index (χ3v) is 3.40. The van der Waals surface area contributed by atoms with Gasteiger partial charge in [-0.05, 0) is 12.5 Å². The zero-order chi connectivity index (χ0) is 15.5. The lowest BCUT2D eigenvalue weighted by Gasteiger charge is -2.25. The molecule has 0 aromatic carbocycles. The molecule has 1 saturated heterocycles. The van der Waals surface area contributed by atoms with Gasteiger partial charge in [0.2, 0.25) is 0 Å². The lowest BCUT2D eigenvalue weighted by molar-refractivity contribution is -0.145. The molecular weight excluding hydrogens is 285 g/mol. The van der Waals surface area contributed by atoms with Crippen molar-refractivity contribution in [1.29, 1.82) is 0 Å². The summed E-state index contributed by atoms with van der Waals surface area (Å²) in [4.78, 5) is 18.5. The Kier molecular flexibility index (Phi) is 4.66.